The van der Waals surface area contributed by atoms with E-state index >= 15 is 0 Å². The minimum absolute atomic E-state index is 0.359. The minimum atomic E-state index is -5.85. The first-order valence-electron chi connectivity index (χ1n) is 4.97. The third-order valence-electron chi connectivity index (χ3n) is 3.91. The van der Waals surface area contributed by atoms with E-state index in [4.69, 9.17) is 0 Å². The van der Waals surface area contributed by atoms with E-state index in [1.807, 2.05) is 0 Å². The summed E-state index contributed by atoms with van der Waals surface area (Å²) in [6, 6.07) is 0. The van der Waals surface area contributed by atoms with Crippen LogP contribution in [0.25, 0.3) is 0 Å². The third kappa shape index (κ3) is 1.24. The van der Waals surface area contributed by atoms with Crippen LogP contribution in [-0.4, -0.2) is 23.7 Å². The average molecular weight is 268 g/mol. The highest BCUT2D eigenvalue weighted by molar-refractivity contribution is 5.23. The molecule has 2 saturated carbocycles. The molecule has 2 aliphatic rings. The van der Waals surface area contributed by atoms with Gasteiger partial charge in [-0.2, -0.15) is 26.3 Å². The van der Waals surface area contributed by atoms with Gasteiger partial charge >= 0.3 is 12.4 Å². The molecule has 0 saturated heterocycles. The fraction of sp³-hybridized carbons (Fsp3) is 1.00. The molecule has 0 heterocycles. The molecule has 0 spiro atoms. The first kappa shape index (κ1) is 12.9. The normalized spacial score (nSPS) is 46.6. The molecule has 17 heavy (non-hydrogen) atoms. The van der Waals surface area contributed by atoms with Crippen LogP contribution in [-0.2, 0) is 0 Å². The Bertz CT molecular complexity index is 299. The summed E-state index contributed by atoms with van der Waals surface area (Å²) in [7, 11) is 0. The number of halogens is 8. The Kier molecular flexibility index (Phi) is 2.32. The predicted molar refractivity (Wildman–Crippen MR) is 40.6 cm³/mol. The molecule has 0 aliphatic heterocycles. The summed E-state index contributed by atoms with van der Waals surface area (Å²) in [5.41, 5.74) is -9.61. The largest absolute Gasteiger partial charge is 0.426 e. The summed E-state index contributed by atoms with van der Waals surface area (Å²) < 4.78 is 103. The van der Waals surface area contributed by atoms with Crippen molar-refractivity contribution in [1.29, 1.82) is 0 Å². The van der Waals surface area contributed by atoms with Crippen LogP contribution in [0.1, 0.15) is 19.3 Å². The van der Waals surface area contributed by atoms with Crippen LogP contribution in [0, 0.1) is 11.8 Å². The molecule has 2 aliphatic carbocycles. The Morgan fingerprint density at radius 1 is 0.706 bits per heavy atom. The van der Waals surface area contributed by atoms with E-state index in [1.165, 1.54) is 0 Å². The summed E-state index contributed by atoms with van der Waals surface area (Å²) in [6.07, 6.45) is -13.1. The van der Waals surface area contributed by atoms with Crippen molar-refractivity contribution in [2.45, 2.75) is 43.0 Å². The van der Waals surface area contributed by atoms with Gasteiger partial charge in [-0.3, -0.25) is 0 Å². The molecule has 0 amide bonds. The predicted octanol–water partition coefficient (Wildman–Crippen LogP) is 3.96. The van der Waals surface area contributed by atoms with E-state index in [0.29, 0.717) is 0 Å². The Balaban J connectivity index is 2.57. The number of alkyl halides is 8. The standard InChI is InChI=1S/C9H8F8/c10-6(8(12,13)14)4-1-2-5(3-4)7(6,11)9(15,16)17/h4-5H,1-3H2. The Morgan fingerprint density at radius 2 is 1.00 bits per heavy atom. The highest BCUT2D eigenvalue weighted by Gasteiger charge is 2.88. The summed E-state index contributed by atoms with van der Waals surface area (Å²) in [4.78, 5) is 0. The highest BCUT2D eigenvalue weighted by Crippen LogP contribution is 2.69. The molecule has 0 radical (unpaired) electrons. The van der Waals surface area contributed by atoms with Gasteiger partial charge in [0.2, 0.25) is 0 Å². The average Bonchev–Trinajstić information content (AvgIpc) is 2.66. The molecule has 4 atom stereocenters. The van der Waals surface area contributed by atoms with Crippen LogP contribution in [0.5, 0.6) is 0 Å². The maximum absolute atomic E-state index is 13.8. The Labute approximate surface area is 91.0 Å². The SMILES string of the molecule is FC(F)(F)C1(F)C2CCC(C2)C1(F)C(F)(F)F. The minimum Gasteiger partial charge on any atom is -0.229 e. The number of hydrogen-bond acceptors (Lipinski definition) is 0. The highest BCUT2D eigenvalue weighted by atomic mass is 19.4. The van der Waals surface area contributed by atoms with E-state index in [1.54, 1.807) is 0 Å². The van der Waals surface area contributed by atoms with Crippen LogP contribution in [0.4, 0.5) is 35.1 Å². The summed E-state index contributed by atoms with van der Waals surface area (Å²) >= 11 is 0. The van der Waals surface area contributed by atoms with Gasteiger partial charge < -0.3 is 0 Å². The molecule has 8 heteroatoms. The number of hydrogen-bond donors (Lipinski definition) is 0. The lowest BCUT2D eigenvalue weighted by molar-refractivity contribution is -0.356. The molecular weight excluding hydrogens is 260 g/mol. The quantitative estimate of drug-likeness (QED) is 0.583. The van der Waals surface area contributed by atoms with Crippen LogP contribution < -0.4 is 0 Å². The van der Waals surface area contributed by atoms with Gasteiger partial charge in [-0.25, -0.2) is 8.78 Å². The van der Waals surface area contributed by atoms with Gasteiger partial charge in [-0.05, 0) is 19.3 Å². The monoisotopic (exact) mass is 268 g/mol. The zero-order valence-corrected chi connectivity index (χ0v) is 8.30. The molecular formula is C9H8F8. The van der Waals surface area contributed by atoms with Crippen LogP contribution in [0.2, 0.25) is 0 Å². The zero-order chi connectivity index (χ0) is 13.3. The second kappa shape index (κ2) is 3.06. The lowest BCUT2D eigenvalue weighted by Crippen LogP contribution is -2.67. The molecule has 0 aromatic heterocycles. The van der Waals surface area contributed by atoms with Crippen molar-refractivity contribution in [2.24, 2.45) is 11.8 Å². The fourth-order valence-corrected chi connectivity index (χ4v) is 3.17. The molecule has 0 nitrogen and oxygen atoms in total. The molecule has 2 fully saturated rings. The van der Waals surface area contributed by atoms with Crippen molar-refractivity contribution < 1.29 is 35.1 Å². The Morgan fingerprint density at radius 3 is 1.24 bits per heavy atom. The smallest absolute Gasteiger partial charge is 0.229 e. The molecule has 0 aromatic rings. The van der Waals surface area contributed by atoms with E-state index < -0.39 is 41.9 Å². The van der Waals surface area contributed by atoms with Crippen LogP contribution >= 0.6 is 0 Å². The number of fused-ring (bicyclic) bond motifs is 2. The summed E-state index contributed by atoms with van der Waals surface area (Å²) in [6.45, 7) is 0. The summed E-state index contributed by atoms with van der Waals surface area (Å²) in [5.74, 6) is -3.86. The molecule has 2 bridgehead atoms. The van der Waals surface area contributed by atoms with Crippen molar-refractivity contribution in [2.75, 3.05) is 0 Å². The Hall–Kier alpha value is -0.560. The van der Waals surface area contributed by atoms with Gasteiger partial charge in [0, 0.05) is 11.8 Å². The third-order valence-corrected chi connectivity index (χ3v) is 3.91. The van der Waals surface area contributed by atoms with E-state index in [2.05, 4.69) is 0 Å². The van der Waals surface area contributed by atoms with Gasteiger partial charge in [0.1, 0.15) is 0 Å². The van der Waals surface area contributed by atoms with Gasteiger partial charge in [-0.1, -0.05) is 0 Å². The van der Waals surface area contributed by atoms with Crippen molar-refractivity contribution >= 4 is 0 Å². The number of rotatable bonds is 0. The fourth-order valence-electron chi connectivity index (χ4n) is 3.17. The van der Waals surface area contributed by atoms with Gasteiger partial charge in [-0.15, -0.1) is 0 Å². The van der Waals surface area contributed by atoms with Crippen molar-refractivity contribution in [3.63, 3.8) is 0 Å². The first-order valence-corrected chi connectivity index (χ1v) is 4.97. The zero-order valence-electron chi connectivity index (χ0n) is 8.30. The lowest BCUT2D eigenvalue weighted by Gasteiger charge is -2.43. The van der Waals surface area contributed by atoms with E-state index in [-0.39, 0.29) is 12.8 Å². The maximum Gasteiger partial charge on any atom is 0.426 e. The second-order valence-electron chi connectivity index (χ2n) is 4.63. The van der Waals surface area contributed by atoms with Crippen molar-refractivity contribution in [3.8, 4) is 0 Å². The van der Waals surface area contributed by atoms with Gasteiger partial charge in [0.25, 0.3) is 11.3 Å². The van der Waals surface area contributed by atoms with E-state index in [9.17, 15) is 35.1 Å². The lowest BCUT2D eigenvalue weighted by atomic mass is 9.73. The molecule has 2 rings (SSSR count). The van der Waals surface area contributed by atoms with Gasteiger partial charge in [0.15, 0.2) is 0 Å². The van der Waals surface area contributed by atoms with Gasteiger partial charge in [0.05, 0.1) is 0 Å². The topological polar surface area (TPSA) is 0 Å². The molecule has 0 N–H and O–H groups in total. The van der Waals surface area contributed by atoms with Crippen molar-refractivity contribution in [1.82, 2.24) is 0 Å². The molecule has 4 unspecified atom stereocenters. The van der Waals surface area contributed by atoms with Crippen LogP contribution in [0.3, 0.4) is 0 Å². The van der Waals surface area contributed by atoms with E-state index in [0.717, 1.165) is 0 Å². The molecule has 100 valence electrons. The molecule has 0 aromatic carbocycles. The van der Waals surface area contributed by atoms with Crippen molar-refractivity contribution in [3.05, 3.63) is 0 Å². The first-order chi connectivity index (χ1) is 7.46. The second-order valence-corrected chi connectivity index (χ2v) is 4.63. The van der Waals surface area contributed by atoms with Crippen LogP contribution in [0.15, 0.2) is 0 Å². The maximum atomic E-state index is 13.8. The summed E-state index contributed by atoms with van der Waals surface area (Å²) in [5, 5.41) is 0.